The van der Waals surface area contributed by atoms with Gasteiger partial charge < -0.3 is 5.11 Å². The number of rotatable bonds is 5. The Morgan fingerprint density at radius 2 is 2.00 bits per heavy atom. The van der Waals surface area contributed by atoms with Gasteiger partial charge in [0.15, 0.2) is 0 Å². The molecule has 0 unspecified atom stereocenters. The zero-order valence-electron chi connectivity index (χ0n) is 8.59. The van der Waals surface area contributed by atoms with Crippen molar-refractivity contribution in [1.82, 2.24) is 0 Å². The van der Waals surface area contributed by atoms with Crippen LogP contribution in [0.25, 0.3) is 0 Å². The molecule has 0 saturated carbocycles. The van der Waals surface area contributed by atoms with E-state index in [1.165, 1.54) is 12.1 Å². The lowest BCUT2D eigenvalue weighted by molar-refractivity contribution is 0.280. The first-order chi connectivity index (χ1) is 6.77. The minimum atomic E-state index is -0.214. The maximum Gasteiger partial charge on any atom is 0.123 e. The summed E-state index contributed by atoms with van der Waals surface area (Å²) in [4.78, 5) is 0. The van der Waals surface area contributed by atoms with Gasteiger partial charge in [-0.2, -0.15) is 0 Å². The minimum Gasteiger partial charge on any atom is -0.392 e. The summed E-state index contributed by atoms with van der Waals surface area (Å²) in [6, 6.07) is 4.59. The standard InChI is InChI=1S/C12H17FO/c1-2-3-4-5-10-8-12(13)7-6-11(10)9-14/h6-8,14H,2-5,9H2,1H3. The molecule has 1 rings (SSSR count). The van der Waals surface area contributed by atoms with E-state index in [1.54, 1.807) is 6.07 Å². The number of unbranched alkanes of at least 4 members (excludes halogenated alkanes) is 2. The van der Waals surface area contributed by atoms with Crippen molar-refractivity contribution >= 4 is 0 Å². The zero-order chi connectivity index (χ0) is 10.4. The van der Waals surface area contributed by atoms with E-state index >= 15 is 0 Å². The highest BCUT2D eigenvalue weighted by Gasteiger charge is 2.02. The first-order valence-electron chi connectivity index (χ1n) is 5.16. The molecule has 0 saturated heterocycles. The molecule has 2 heteroatoms. The Bertz CT molecular complexity index is 284. The van der Waals surface area contributed by atoms with Gasteiger partial charge in [0.2, 0.25) is 0 Å². The van der Waals surface area contributed by atoms with Crippen LogP contribution in [-0.4, -0.2) is 5.11 Å². The summed E-state index contributed by atoms with van der Waals surface area (Å²) in [5, 5.41) is 9.04. The molecule has 0 spiro atoms. The summed E-state index contributed by atoms with van der Waals surface area (Å²) >= 11 is 0. The quantitative estimate of drug-likeness (QED) is 0.718. The van der Waals surface area contributed by atoms with Crippen molar-refractivity contribution in [2.45, 2.75) is 39.2 Å². The normalized spacial score (nSPS) is 10.5. The highest BCUT2D eigenvalue weighted by molar-refractivity contribution is 5.27. The molecule has 0 radical (unpaired) electrons. The van der Waals surface area contributed by atoms with E-state index in [1.807, 2.05) is 0 Å². The number of benzene rings is 1. The van der Waals surface area contributed by atoms with Crippen molar-refractivity contribution in [3.05, 3.63) is 35.1 Å². The first kappa shape index (κ1) is 11.2. The van der Waals surface area contributed by atoms with Gasteiger partial charge in [-0.1, -0.05) is 25.8 Å². The van der Waals surface area contributed by atoms with Gasteiger partial charge in [-0.15, -0.1) is 0 Å². The van der Waals surface area contributed by atoms with Crippen LogP contribution in [-0.2, 0) is 13.0 Å². The zero-order valence-corrected chi connectivity index (χ0v) is 8.59. The van der Waals surface area contributed by atoms with Crippen molar-refractivity contribution in [3.63, 3.8) is 0 Å². The second-order valence-corrected chi connectivity index (χ2v) is 3.53. The Morgan fingerprint density at radius 1 is 1.21 bits per heavy atom. The predicted molar refractivity (Wildman–Crippen MR) is 55.6 cm³/mol. The third-order valence-electron chi connectivity index (χ3n) is 2.39. The van der Waals surface area contributed by atoms with E-state index < -0.39 is 0 Å². The van der Waals surface area contributed by atoms with Crippen LogP contribution < -0.4 is 0 Å². The number of hydrogen-bond donors (Lipinski definition) is 1. The molecule has 1 aromatic rings. The van der Waals surface area contributed by atoms with Crippen LogP contribution in [0.15, 0.2) is 18.2 Å². The van der Waals surface area contributed by atoms with Gasteiger partial charge in [0.05, 0.1) is 6.61 Å². The van der Waals surface area contributed by atoms with E-state index in [9.17, 15) is 4.39 Å². The highest BCUT2D eigenvalue weighted by atomic mass is 19.1. The van der Waals surface area contributed by atoms with Crippen LogP contribution >= 0.6 is 0 Å². The maximum absolute atomic E-state index is 12.9. The van der Waals surface area contributed by atoms with Crippen LogP contribution in [0.1, 0.15) is 37.3 Å². The van der Waals surface area contributed by atoms with E-state index in [4.69, 9.17) is 5.11 Å². The Labute approximate surface area is 84.6 Å². The topological polar surface area (TPSA) is 20.2 Å². The second kappa shape index (κ2) is 5.76. The van der Waals surface area contributed by atoms with Crippen LogP contribution in [0.4, 0.5) is 4.39 Å². The summed E-state index contributed by atoms with van der Waals surface area (Å²) in [6.07, 6.45) is 4.24. The predicted octanol–water partition coefficient (Wildman–Crippen LogP) is 3.05. The summed E-state index contributed by atoms with van der Waals surface area (Å²) in [7, 11) is 0. The van der Waals surface area contributed by atoms with Crippen molar-refractivity contribution < 1.29 is 9.50 Å². The molecule has 78 valence electrons. The van der Waals surface area contributed by atoms with Crippen molar-refractivity contribution in [3.8, 4) is 0 Å². The smallest absolute Gasteiger partial charge is 0.123 e. The molecule has 0 aliphatic rings. The molecule has 14 heavy (non-hydrogen) atoms. The molecular formula is C12H17FO. The average Bonchev–Trinajstić information content (AvgIpc) is 2.19. The average molecular weight is 196 g/mol. The minimum absolute atomic E-state index is 0.00172. The summed E-state index contributed by atoms with van der Waals surface area (Å²) in [6.45, 7) is 2.14. The number of aryl methyl sites for hydroxylation is 1. The van der Waals surface area contributed by atoms with Gasteiger partial charge in [-0.05, 0) is 36.1 Å². The largest absolute Gasteiger partial charge is 0.392 e. The van der Waals surface area contributed by atoms with E-state index in [0.717, 1.165) is 36.8 Å². The van der Waals surface area contributed by atoms with E-state index in [0.29, 0.717) is 0 Å². The molecule has 0 fully saturated rings. The molecule has 0 aliphatic carbocycles. The van der Waals surface area contributed by atoms with Crippen molar-refractivity contribution in [2.24, 2.45) is 0 Å². The van der Waals surface area contributed by atoms with Crippen molar-refractivity contribution in [1.29, 1.82) is 0 Å². The Kier molecular flexibility index (Phi) is 4.60. The van der Waals surface area contributed by atoms with Gasteiger partial charge in [-0.3, -0.25) is 0 Å². The van der Waals surface area contributed by atoms with Crippen LogP contribution in [0, 0.1) is 5.82 Å². The lowest BCUT2D eigenvalue weighted by Gasteiger charge is -2.06. The Hall–Kier alpha value is -0.890. The molecule has 1 nitrogen and oxygen atoms in total. The Morgan fingerprint density at radius 3 is 2.64 bits per heavy atom. The summed E-state index contributed by atoms with van der Waals surface area (Å²) in [5.74, 6) is -0.214. The molecule has 0 aliphatic heterocycles. The monoisotopic (exact) mass is 196 g/mol. The van der Waals surface area contributed by atoms with Crippen LogP contribution in [0.3, 0.4) is 0 Å². The Balaban J connectivity index is 2.67. The third-order valence-corrected chi connectivity index (χ3v) is 2.39. The SMILES string of the molecule is CCCCCc1cc(F)ccc1CO. The van der Waals surface area contributed by atoms with Crippen LogP contribution in [0.5, 0.6) is 0 Å². The molecule has 0 atom stereocenters. The van der Waals surface area contributed by atoms with Crippen LogP contribution in [0.2, 0.25) is 0 Å². The second-order valence-electron chi connectivity index (χ2n) is 3.53. The fourth-order valence-corrected chi connectivity index (χ4v) is 1.55. The molecule has 1 N–H and O–H groups in total. The van der Waals surface area contributed by atoms with Gasteiger partial charge >= 0.3 is 0 Å². The fraction of sp³-hybridized carbons (Fsp3) is 0.500. The number of aliphatic hydroxyl groups is 1. The molecule has 0 aromatic heterocycles. The lowest BCUT2D eigenvalue weighted by Crippen LogP contribution is -1.95. The summed E-state index contributed by atoms with van der Waals surface area (Å²) < 4.78 is 12.9. The summed E-state index contributed by atoms with van der Waals surface area (Å²) in [5.41, 5.74) is 1.79. The van der Waals surface area contributed by atoms with Crippen molar-refractivity contribution in [2.75, 3.05) is 0 Å². The van der Waals surface area contributed by atoms with Gasteiger partial charge in [-0.25, -0.2) is 4.39 Å². The number of halogens is 1. The first-order valence-corrected chi connectivity index (χ1v) is 5.16. The number of hydrogen-bond acceptors (Lipinski definition) is 1. The lowest BCUT2D eigenvalue weighted by atomic mass is 10.0. The van der Waals surface area contributed by atoms with E-state index in [2.05, 4.69) is 6.92 Å². The van der Waals surface area contributed by atoms with E-state index in [-0.39, 0.29) is 12.4 Å². The molecule has 1 aromatic carbocycles. The molecule has 0 bridgehead atoms. The molecular weight excluding hydrogens is 179 g/mol. The third kappa shape index (κ3) is 3.11. The van der Waals surface area contributed by atoms with Gasteiger partial charge in [0, 0.05) is 0 Å². The van der Waals surface area contributed by atoms with Gasteiger partial charge in [0.1, 0.15) is 5.82 Å². The molecule has 0 amide bonds. The number of aliphatic hydroxyl groups excluding tert-OH is 1. The fourth-order valence-electron chi connectivity index (χ4n) is 1.55. The van der Waals surface area contributed by atoms with Gasteiger partial charge in [0.25, 0.3) is 0 Å². The molecule has 0 heterocycles. The highest BCUT2D eigenvalue weighted by Crippen LogP contribution is 2.14. The maximum atomic E-state index is 12.9.